The van der Waals surface area contributed by atoms with Crippen molar-refractivity contribution < 1.29 is 9.26 Å². The average Bonchev–Trinajstić information content (AvgIpc) is 2.63. The molecule has 1 atom stereocenters. The molecule has 1 aromatic heterocycles. The molecular weight excluding hydrogens is 208 g/mol. The lowest BCUT2D eigenvalue weighted by molar-refractivity contribution is -0.0507. The van der Waals surface area contributed by atoms with Gasteiger partial charge in [-0.2, -0.15) is 4.98 Å². The van der Waals surface area contributed by atoms with Gasteiger partial charge in [-0.1, -0.05) is 5.16 Å². The van der Waals surface area contributed by atoms with Crippen molar-refractivity contribution >= 4 is 0 Å². The minimum absolute atomic E-state index is 0.127. The van der Waals surface area contributed by atoms with Gasteiger partial charge in [0.1, 0.15) is 6.04 Å². The first-order valence-corrected chi connectivity index (χ1v) is 5.69. The summed E-state index contributed by atoms with van der Waals surface area (Å²) in [5.41, 5.74) is 0. The lowest BCUT2D eigenvalue weighted by atomic mass is 10.1. The SMILES string of the molecule is Cc1noc(C2COCCN2C2CNC2)n1. The number of nitrogens with zero attached hydrogens (tertiary/aromatic N) is 3. The molecule has 6 nitrogen and oxygen atoms in total. The lowest BCUT2D eigenvalue weighted by Gasteiger charge is -2.43. The minimum Gasteiger partial charge on any atom is -0.378 e. The van der Waals surface area contributed by atoms with Crippen molar-refractivity contribution in [1.29, 1.82) is 0 Å². The van der Waals surface area contributed by atoms with Gasteiger partial charge in [0.15, 0.2) is 5.82 Å². The van der Waals surface area contributed by atoms with E-state index in [4.69, 9.17) is 9.26 Å². The van der Waals surface area contributed by atoms with Gasteiger partial charge < -0.3 is 14.6 Å². The summed E-state index contributed by atoms with van der Waals surface area (Å²) in [6.45, 7) is 6.32. The number of aryl methyl sites for hydroxylation is 1. The molecule has 0 spiro atoms. The molecule has 1 unspecified atom stereocenters. The number of nitrogens with one attached hydrogen (secondary N) is 1. The number of hydrogen-bond donors (Lipinski definition) is 1. The van der Waals surface area contributed by atoms with E-state index in [1.165, 1.54) is 0 Å². The van der Waals surface area contributed by atoms with Crippen LogP contribution in [0.2, 0.25) is 0 Å². The number of hydrogen-bond acceptors (Lipinski definition) is 6. The first-order valence-electron chi connectivity index (χ1n) is 5.69. The largest absolute Gasteiger partial charge is 0.378 e. The zero-order chi connectivity index (χ0) is 11.0. The van der Waals surface area contributed by atoms with E-state index in [-0.39, 0.29) is 6.04 Å². The zero-order valence-electron chi connectivity index (χ0n) is 9.35. The van der Waals surface area contributed by atoms with Crippen molar-refractivity contribution in [3.63, 3.8) is 0 Å². The Morgan fingerprint density at radius 2 is 2.31 bits per heavy atom. The quantitative estimate of drug-likeness (QED) is 0.745. The Kier molecular flexibility index (Phi) is 2.62. The Hall–Kier alpha value is -0.980. The van der Waals surface area contributed by atoms with Crippen LogP contribution >= 0.6 is 0 Å². The van der Waals surface area contributed by atoms with Crippen LogP contribution in [-0.2, 0) is 4.74 Å². The zero-order valence-corrected chi connectivity index (χ0v) is 9.35. The first-order chi connectivity index (χ1) is 7.84. The van der Waals surface area contributed by atoms with E-state index in [1.54, 1.807) is 0 Å². The number of morpholine rings is 1. The predicted molar refractivity (Wildman–Crippen MR) is 56.0 cm³/mol. The van der Waals surface area contributed by atoms with Gasteiger partial charge in [0.05, 0.1) is 13.2 Å². The molecule has 2 aliphatic rings. The van der Waals surface area contributed by atoms with Gasteiger partial charge in [0.2, 0.25) is 5.89 Å². The van der Waals surface area contributed by atoms with E-state index in [1.807, 2.05) is 6.92 Å². The first kappa shape index (κ1) is 10.2. The van der Waals surface area contributed by atoms with Crippen molar-refractivity contribution in [2.24, 2.45) is 0 Å². The molecule has 16 heavy (non-hydrogen) atoms. The van der Waals surface area contributed by atoms with Gasteiger partial charge in [-0.25, -0.2) is 0 Å². The van der Waals surface area contributed by atoms with Crippen LogP contribution in [0, 0.1) is 6.92 Å². The molecule has 1 aromatic rings. The maximum Gasteiger partial charge on any atom is 0.246 e. The van der Waals surface area contributed by atoms with E-state index in [9.17, 15) is 0 Å². The Morgan fingerprint density at radius 1 is 1.44 bits per heavy atom. The lowest BCUT2D eigenvalue weighted by Crippen LogP contribution is -2.60. The summed E-state index contributed by atoms with van der Waals surface area (Å²) in [7, 11) is 0. The molecule has 2 saturated heterocycles. The van der Waals surface area contributed by atoms with E-state index in [0.717, 1.165) is 26.2 Å². The maximum absolute atomic E-state index is 5.50. The molecule has 0 amide bonds. The van der Waals surface area contributed by atoms with Crippen molar-refractivity contribution in [3.8, 4) is 0 Å². The van der Waals surface area contributed by atoms with Crippen LogP contribution in [0.5, 0.6) is 0 Å². The van der Waals surface area contributed by atoms with Crippen LogP contribution in [0.3, 0.4) is 0 Å². The van der Waals surface area contributed by atoms with Gasteiger partial charge in [-0.3, -0.25) is 4.90 Å². The fourth-order valence-electron chi connectivity index (χ4n) is 2.22. The van der Waals surface area contributed by atoms with Gasteiger partial charge in [0, 0.05) is 25.7 Å². The monoisotopic (exact) mass is 224 g/mol. The number of aromatic nitrogens is 2. The van der Waals surface area contributed by atoms with Crippen LogP contribution in [0.15, 0.2) is 4.52 Å². The van der Waals surface area contributed by atoms with Crippen LogP contribution in [-0.4, -0.2) is 53.9 Å². The second-order valence-electron chi connectivity index (χ2n) is 4.32. The highest BCUT2D eigenvalue weighted by Crippen LogP contribution is 2.26. The predicted octanol–water partition coefficient (Wildman–Crippen LogP) is -0.277. The number of ether oxygens (including phenoxy) is 1. The fourth-order valence-corrected chi connectivity index (χ4v) is 2.22. The summed E-state index contributed by atoms with van der Waals surface area (Å²) in [4.78, 5) is 6.72. The molecule has 0 radical (unpaired) electrons. The molecule has 0 aromatic carbocycles. The second-order valence-corrected chi connectivity index (χ2v) is 4.32. The van der Waals surface area contributed by atoms with E-state index in [0.29, 0.717) is 24.4 Å². The summed E-state index contributed by atoms with van der Waals surface area (Å²) in [5, 5.41) is 7.13. The van der Waals surface area contributed by atoms with Crippen molar-refractivity contribution in [2.45, 2.75) is 19.0 Å². The smallest absolute Gasteiger partial charge is 0.246 e. The highest BCUT2D eigenvalue weighted by atomic mass is 16.5. The van der Waals surface area contributed by atoms with Crippen molar-refractivity contribution in [3.05, 3.63) is 11.7 Å². The Bertz CT molecular complexity index is 363. The van der Waals surface area contributed by atoms with E-state index >= 15 is 0 Å². The van der Waals surface area contributed by atoms with Crippen LogP contribution < -0.4 is 5.32 Å². The van der Waals surface area contributed by atoms with Crippen LogP contribution in [0.1, 0.15) is 17.8 Å². The van der Waals surface area contributed by atoms with Crippen LogP contribution in [0.25, 0.3) is 0 Å². The highest BCUT2D eigenvalue weighted by molar-refractivity contribution is 4.98. The normalized spacial score (nSPS) is 27.9. The Balaban J connectivity index is 1.79. The maximum atomic E-state index is 5.50. The molecule has 0 aliphatic carbocycles. The van der Waals surface area contributed by atoms with Gasteiger partial charge >= 0.3 is 0 Å². The molecule has 1 N–H and O–H groups in total. The molecule has 3 rings (SSSR count). The van der Waals surface area contributed by atoms with Crippen LogP contribution in [0.4, 0.5) is 0 Å². The fraction of sp³-hybridized carbons (Fsp3) is 0.800. The van der Waals surface area contributed by atoms with E-state index in [2.05, 4.69) is 20.4 Å². The minimum atomic E-state index is 0.127. The average molecular weight is 224 g/mol. The Morgan fingerprint density at radius 3 is 2.94 bits per heavy atom. The standard InChI is InChI=1S/C10H16N4O2/c1-7-12-10(16-13-7)9-6-15-3-2-14(9)8-4-11-5-8/h8-9,11H,2-6H2,1H3. The summed E-state index contributed by atoms with van der Waals surface area (Å²) >= 11 is 0. The van der Waals surface area contributed by atoms with E-state index < -0.39 is 0 Å². The van der Waals surface area contributed by atoms with Crippen molar-refractivity contribution in [2.75, 3.05) is 32.8 Å². The summed E-state index contributed by atoms with van der Waals surface area (Å²) in [5.74, 6) is 1.37. The summed E-state index contributed by atoms with van der Waals surface area (Å²) in [6, 6.07) is 0.711. The third-order valence-electron chi connectivity index (χ3n) is 3.23. The third kappa shape index (κ3) is 1.73. The molecule has 2 aliphatic heterocycles. The van der Waals surface area contributed by atoms with Gasteiger partial charge in [-0.05, 0) is 6.92 Å². The number of rotatable bonds is 2. The molecule has 3 heterocycles. The highest BCUT2D eigenvalue weighted by Gasteiger charge is 2.36. The van der Waals surface area contributed by atoms with Crippen molar-refractivity contribution in [1.82, 2.24) is 20.4 Å². The molecular formula is C10H16N4O2. The molecule has 2 fully saturated rings. The molecule has 0 saturated carbocycles. The third-order valence-corrected chi connectivity index (χ3v) is 3.23. The molecule has 88 valence electrons. The second kappa shape index (κ2) is 4.12. The summed E-state index contributed by atoms with van der Waals surface area (Å²) < 4.78 is 10.8. The molecule has 0 bridgehead atoms. The summed E-state index contributed by atoms with van der Waals surface area (Å²) in [6.07, 6.45) is 0. The molecule has 6 heteroatoms. The van der Waals surface area contributed by atoms with Gasteiger partial charge in [0.25, 0.3) is 0 Å². The van der Waals surface area contributed by atoms with Gasteiger partial charge in [-0.15, -0.1) is 0 Å². The Labute approximate surface area is 93.9 Å². The topological polar surface area (TPSA) is 63.4 Å².